The van der Waals surface area contributed by atoms with Crippen LogP contribution >= 0.6 is 24.8 Å². The van der Waals surface area contributed by atoms with E-state index in [1.165, 1.54) is 39.0 Å². The fourth-order valence-corrected chi connectivity index (χ4v) is 4.16. The van der Waals surface area contributed by atoms with Crippen LogP contribution in [-0.4, -0.2) is 38.1 Å². The van der Waals surface area contributed by atoms with Crippen LogP contribution in [0.3, 0.4) is 0 Å². The maximum Gasteiger partial charge on any atom is 0.0434 e. The molecule has 0 amide bonds. The molecule has 2 nitrogen and oxygen atoms in total. The van der Waals surface area contributed by atoms with E-state index < -0.39 is 0 Å². The van der Waals surface area contributed by atoms with Gasteiger partial charge < -0.3 is 9.80 Å². The standard InChI is InChI=1S/C15H20N2.2ClH/c1-16-8-12-9-17-7-3-5-11-4-2-6-13(15(11)17)14(12)10-16;;/h2,4,6,12,14H,3,5,7-10H2,1H3;2*1H/t12-,14+;;/m0../s1. The van der Waals surface area contributed by atoms with Gasteiger partial charge in [-0.25, -0.2) is 0 Å². The molecular weight excluding hydrogens is 279 g/mol. The third-order valence-corrected chi connectivity index (χ3v) is 4.82. The molecule has 3 aliphatic rings. The van der Waals surface area contributed by atoms with E-state index in [4.69, 9.17) is 0 Å². The Morgan fingerprint density at radius 2 is 1.95 bits per heavy atom. The Kier molecular flexibility index (Phi) is 4.34. The maximum absolute atomic E-state index is 2.66. The molecule has 0 aliphatic carbocycles. The van der Waals surface area contributed by atoms with Gasteiger partial charge >= 0.3 is 0 Å². The van der Waals surface area contributed by atoms with Crippen LogP contribution in [0, 0.1) is 5.92 Å². The number of likely N-dealkylation sites (tertiary alicyclic amines) is 1. The monoisotopic (exact) mass is 300 g/mol. The summed E-state index contributed by atoms with van der Waals surface area (Å²) in [6.07, 6.45) is 2.62. The Hall–Kier alpha value is -0.440. The highest BCUT2D eigenvalue weighted by Crippen LogP contribution is 2.45. The van der Waals surface area contributed by atoms with Crippen LogP contribution in [0.4, 0.5) is 5.69 Å². The van der Waals surface area contributed by atoms with Gasteiger partial charge in [0.2, 0.25) is 0 Å². The Morgan fingerprint density at radius 3 is 2.79 bits per heavy atom. The smallest absolute Gasteiger partial charge is 0.0434 e. The molecule has 0 N–H and O–H groups in total. The molecule has 0 unspecified atom stereocenters. The minimum Gasteiger partial charge on any atom is -0.371 e. The molecule has 1 fully saturated rings. The van der Waals surface area contributed by atoms with Gasteiger partial charge in [-0.05, 0) is 36.9 Å². The van der Waals surface area contributed by atoms with Gasteiger partial charge in [0.1, 0.15) is 0 Å². The van der Waals surface area contributed by atoms with Crippen molar-refractivity contribution in [3.8, 4) is 0 Å². The van der Waals surface area contributed by atoms with Crippen molar-refractivity contribution in [3.63, 3.8) is 0 Å². The average molecular weight is 301 g/mol. The molecule has 1 saturated heterocycles. The lowest BCUT2D eigenvalue weighted by Gasteiger charge is -2.41. The van der Waals surface area contributed by atoms with Gasteiger partial charge in [-0.3, -0.25) is 0 Å². The molecule has 106 valence electrons. The van der Waals surface area contributed by atoms with Crippen LogP contribution in [0.15, 0.2) is 18.2 Å². The number of halogens is 2. The van der Waals surface area contributed by atoms with Gasteiger partial charge in [0.15, 0.2) is 0 Å². The van der Waals surface area contributed by atoms with Crippen molar-refractivity contribution >= 4 is 30.5 Å². The van der Waals surface area contributed by atoms with Gasteiger partial charge in [0.05, 0.1) is 0 Å². The Balaban J connectivity index is 0.000000667. The largest absolute Gasteiger partial charge is 0.371 e. The SMILES string of the molecule is CN1C[C@H]2CN3CCCc4cccc(c43)[C@@H]2C1.Cl.Cl. The summed E-state index contributed by atoms with van der Waals surface area (Å²) >= 11 is 0. The minimum absolute atomic E-state index is 0. The molecule has 0 aromatic heterocycles. The van der Waals surface area contributed by atoms with Gasteiger partial charge in [-0.1, -0.05) is 18.2 Å². The number of anilines is 1. The summed E-state index contributed by atoms with van der Waals surface area (Å²) in [7, 11) is 2.27. The molecule has 0 saturated carbocycles. The molecule has 2 atom stereocenters. The van der Waals surface area contributed by atoms with E-state index in [0.29, 0.717) is 0 Å². The minimum atomic E-state index is 0. The molecule has 0 bridgehead atoms. The van der Waals surface area contributed by atoms with Crippen molar-refractivity contribution in [2.75, 3.05) is 38.1 Å². The zero-order valence-corrected chi connectivity index (χ0v) is 13.0. The Bertz CT molecular complexity index is 463. The van der Waals surface area contributed by atoms with E-state index in [0.717, 1.165) is 11.8 Å². The van der Waals surface area contributed by atoms with Crippen LogP contribution < -0.4 is 4.90 Å². The highest BCUT2D eigenvalue weighted by atomic mass is 35.5. The Labute approximate surface area is 128 Å². The van der Waals surface area contributed by atoms with Gasteiger partial charge in [-0.2, -0.15) is 0 Å². The van der Waals surface area contributed by atoms with Crippen molar-refractivity contribution in [3.05, 3.63) is 29.3 Å². The molecule has 4 heteroatoms. The van der Waals surface area contributed by atoms with Crippen molar-refractivity contribution < 1.29 is 0 Å². The summed E-state index contributed by atoms with van der Waals surface area (Å²) in [5, 5.41) is 0. The predicted molar refractivity (Wildman–Crippen MR) is 85.2 cm³/mol. The van der Waals surface area contributed by atoms with Gasteiger partial charge in [0, 0.05) is 37.8 Å². The zero-order valence-electron chi connectivity index (χ0n) is 11.3. The number of rotatable bonds is 0. The molecule has 0 spiro atoms. The molecular formula is C15H22Cl2N2. The molecule has 1 aromatic carbocycles. The molecule has 3 aliphatic heterocycles. The van der Waals surface area contributed by atoms with E-state index in [9.17, 15) is 0 Å². The van der Waals surface area contributed by atoms with Gasteiger partial charge in [0.25, 0.3) is 0 Å². The summed E-state index contributed by atoms with van der Waals surface area (Å²) in [5.74, 6) is 1.66. The number of para-hydroxylation sites is 1. The highest BCUT2D eigenvalue weighted by Gasteiger charge is 2.40. The highest BCUT2D eigenvalue weighted by molar-refractivity contribution is 5.85. The summed E-state index contributed by atoms with van der Waals surface area (Å²) in [6.45, 7) is 5.11. The summed E-state index contributed by atoms with van der Waals surface area (Å²) in [6, 6.07) is 7.00. The first-order valence-electron chi connectivity index (χ1n) is 6.88. The van der Waals surface area contributed by atoms with Crippen molar-refractivity contribution in [2.45, 2.75) is 18.8 Å². The summed E-state index contributed by atoms with van der Waals surface area (Å²) in [5.41, 5.74) is 4.85. The number of hydrogen-bond acceptors (Lipinski definition) is 2. The van der Waals surface area contributed by atoms with E-state index >= 15 is 0 Å². The second-order valence-corrected chi connectivity index (χ2v) is 5.99. The van der Waals surface area contributed by atoms with Crippen molar-refractivity contribution in [1.29, 1.82) is 0 Å². The lowest BCUT2D eigenvalue weighted by molar-refractivity contribution is 0.393. The average Bonchev–Trinajstić information content (AvgIpc) is 2.70. The second-order valence-electron chi connectivity index (χ2n) is 5.99. The Morgan fingerprint density at radius 1 is 1.11 bits per heavy atom. The lowest BCUT2D eigenvalue weighted by Crippen LogP contribution is -2.40. The number of likely N-dealkylation sites (N-methyl/N-ethyl adjacent to an activating group) is 1. The maximum atomic E-state index is 2.66. The molecule has 0 radical (unpaired) electrons. The first-order chi connectivity index (χ1) is 8.33. The molecule has 19 heavy (non-hydrogen) atoms. The predicted octanol–water partition coefficient (Wildman–Crippen LogP) is 2.94. The number of fused-ring (bicyclic) bond motifs is 2. The fourth-order valence-electron chi connectivity index (χ4n) is 4.16. The quantitative estimate of drug-likeness (QED) is 0.727. The summed E-state index contributed by atoms with van der Waals surface area (Å²) < 4.78 is 0. The van der Waals surface area contributed by atoms with E-state index in [2.05, 4.69) is 35.0 Å². The third-order valence-electron chi connectivity index (χ3n) is 4.82. The zero-order chi connectivity index (χ0) is 11.4. The van der Waals surface area contributed by atoms with Crippen LogP contribution in [-0.2, 0) is 6.42 Å². The normalized spacial score (nSPS) is 27.9. The number of hydrogen-bond donors (Lipinski definition) is 0. The van der Waals surface area contributed by atoms with Crippen LogP contribution in [0.2, 0.25) is 0 Å². The van der Waals surface area contributed by atoms with E-state index in [1.807, 2.05) is 0 Å². The third kappa shape index (κ3) is 2.24. The molecule has 3 heterocycles. The first kappa shape index (κ1) is 15.0. The van der Waals surface area contributed by atoms with Crippen LogP contribution in [0.5, 0.6) is 0 Å². The molecule has 1 aromatic rings. The van der Waals surface area contributed by atoms with E-state index in [1.54, 1.807) is 16.8 Å². The van der Waals surface area contributed by atoms with E-state index in [-0.39, 0.29) is 24.8 Å². The van der Waals surface area contributed by atoms with Crippen LogP contribution in [0.25, 0.3) is 0 Å². The van der Waals surface area contributed by atoms with Crippen molar-refractivity contribution in [2.24, 2.45) is 5.92 Å². The summed E-state index contributed by atoms with van der Waals surface area (Å²) in [4.78, 5) is 5.17. The van der Waals surface area contributed by atoms with Gasteiger partial charge in [-0.15, -0.1) is 24.8 Å². The molecule has 4 rings (SSSR count). The number of nitrogens with zero attached hydrogens (tertiary/aromatic N) is 2. The van der Waals surface area contributed by atoms with Crippen LogP contribution in [0.1, 0.15) is 23.5 Å². The first-order valence-corrected chi connectivity index (χ1v) is 6.88. The topological polar surface area (TPSA) is 6.48 Å². The fraction of sp³-hybridized carbons (Fsp3) is 0.600. The number of benzene rings is 1. The van der Waals surface area contributed by atoms with Crippen molar-refractivity contribution in [1.82, 2.24) is 4.90 Å². The second kappa shape index (κ2) is 5.51. The number of aryl methyl sites for hydroxylation is 1. The lowest BCUT2D eigenvalue weighted by atomic mass is 9.80.